The van der Waals surface area contributed by atoms with Crippen molar-refractivity contribution in [3.63, 3.8) is 0 Å². The zero-order chi connectivity index (χ0) is 28.4. The topological polar surface area (TPSA) is 126 Å². The van der Waals surface area contributed by atoms with Gasteiger partial charge in [0.2, 0.25) is 17.6 Å². The highest BCUT2D eigenvalue weighted by molar-refractivity contribution is 6.03. The molecule has 2 fully saturated rings. The highest BCUT2D eigenvalue weighted by atomic mass is 19.4. The zero-order valence-corrected chi connectivity index (χ0v) is 21.4. The molecule has 12 heteroatoms. The number of nitrogens with one attached hydrogen (secondary N) is 1. The molecule has 0 bridgehead atoms. The average Bonchev–Trinajstić information content (AvgIpc) is 3.62. The molecule has 2 aliphatic rings. The summed E-state index contributed by atoms with van der Waals surface area (Å²) in [5, 5.41) is 11.8. The Labute approximate surface area is 227 Å². The second kappa shape index (κ2) is 11.1. The van der Waals surface area contributed by atoms with Gasteiger partial charge in [0.25, 0.3) is 5.91 Å². The van der Waals surface area contributed by atoms with Gasteiger partial charge in [-0.15, -0.1) is 0 Å². The molecule has 1 saturated heterocycles. The SMILES string of the molecule is O=C(Nc1ccc(C2CCN(C(=O)C3CCC[C@@H]3C(=O)O)CC2)nc1)c1nc(-c2ccccc2)oc1C(F)(F)F. The van der Waals surface area contributed by atoms with E-state index in [-0.39, 0.29) is 23.4 Å². The number of piperidine rings is 1. The van der Waals surface area contributed by atoms with Crippen molar-refractivity contribution in [3.8, 4) is 11.5 Å². The van der Waals surface area contributed by atoms with Gasteiger partial charge in [0.05, 0.1) is 23.7 Å². The first-order valence-electron chi connectivity index (χ1n) is 13.0. The van der Waals surface area contributed by atoms with Gasteiger partial charge in [-0.1, -0.05) is 24.6 Å². The highest BCUT2D eigenvalue weighted by Gasteiger charge is 2.42. The Morgan fingerprint density at radius 2 is 1.68 bits per heavy atom. The third kappa shape index (κ3) is 5.70. The first-order valence-corrected chi connectivity index (χ1v) is 13.0. The molecule has 1 saturated carbocycles. The van der Waals surface area contributed by atoms with Crippen LogP contribution in [0.1, 0.15) is 60.0 Å². The van der Waals surface area contributed by atoms with Gasteiger partial charge in [-0.2, -0.15) is 13.2 Å². The van der Waals surface area contributed by atoms with Crippen LogP contribution < -0.4 is 5.32 Å². The maximum Gasteiger partial charge on any atom is 0.452 e. The number of benzene rings is 1. The molecule has 3 aromatic rings. The molecule has 1 aliphatic heterocycles. The standard InChI is InChI=1S/C28H27F3N4O5/c29-28(30,31)23-22(34-25(40-23)17-5-2-1-3-6-17)24(36)33-18-9-10-21(32-15-18)16-11-13-35(14-12-16)26(37)19-7-4-8-20(19)27(38)39/h1-3,5-6,9-10,15-16,19-20H,4,7-8,11-14H2,(H,33,36)(H,38,39)/t19?,20-/m0/s1. The molecular formula is C28H27F3N4O5. The zero-order valence-electron chi connectivity index (χ0n) is 21.4. The molecule has 2 aromatic heterocycles. The van der Waals surface area contributed by atoms with Crippen LogP contribution in [-0.4, -0.2) is 50.8 Å². The van der Waals surface area contributed by atoms with Crippen LogP contribution in [-0.2, 0) is 15.8 Å². The summed E-state index contributed by atoms with van der Waals surface area (Å²) in [7, 11) is 0. The fourth-order valence-electron chi connectivity index (χ4n) is 5.46. The van der Waals surface area contributed by atoms with Crippen LogP contribution in [0.3, 0.4) is 0 Å². The van der Waals surface area contributed by atoms with Crippen LogP contribution in [0.5, 0.6) is 0 Å². The number of rotatable bonds is 6. The van der Waals surface area contributed by atoms with Crippen LogP contribution in [0.15, 0.2) is 53.1 Å². The fraction of sp³-hybridized carbons (Fsp3) is 0.393. The Morgan fingerprint density at radius 1 is 0.975 bits per heavy atom. The van der Waals surface area contributed by atoms with Crippen LogP contribution >= 0.6 is 0 Å². The Morgan fingerprint density at radius 3 is 2.30 bits per heavy atom. The maximum atomic E-state index is 13.6. The molecule has 40 heavy (non-hydrogen) atoms. The fourth-order valence-corrected chi connectivity index (χ4v) is 5.46. The van der Waals surface area contributed by atoms with Crippen LogP contribution in [0.4, 0.5) is 18.9 Å². The van der Waals surface area contributed by atoms with E-state index < -0.39 is 41.3 Å². The lowest BCUT2D eigenvalue weighted by molar-refractivity contribution is -0.153. The van der Waals surface area contributed by atoms with Crippen LogP contribution in [0.25, 0.3) is 11.5 Å². The lowest BCUT2D eigenvalue weighted by Crippen LogP contribution is -2.43. The van der Waals surface area contributed by atoms with Gasteiger partial charge in [0, 0.05) is 30.3 Å². The lowest BCUT2D eigenvalue weighted by atomic mass is 9.90. The van der Waals surface area contributed by atoms with Crippen molar-refractivity contribution >= 4 is 23.5 Å². The summed E-state index contributed by atoms with van der Waals surface area (Å²) in [6, 6.07) is 11.2. The Balaban J connectivity index is 1.22. The van der Waals surface area contributed by atoms with E-state index in [0.717, 1.165) is 12.1 Å². The van der Waals surface area contributed by atoms with Gasteiger partial charge in [-0.3, -0.25) is 19.4 Å². The highest BCUT2D eigenvalue weighted by Crippen LogP contribution is 2.37. The monoisotopic (exact) mass is 556 g/mol. The van der Waals surface area contributed by atoms with Gasteiger partial charge < -0.3 is 19.7 Å². The number of pyridine rings is 1. The smallest absolute Gasteiger partial charge is 0.452 e. The number of aromatic nitrogens is 2. The van der Waals surface area contributed by atoms with Crippen molar-refractivity contribution in [2.75, 3.05) is 18.4 Å². The first-order chi connectivity index (χ1) is 19.1. The molecule has 1 aromatic carbocycles. The number of likely N-dealkylation sites (tertiary alicyclic amines) is 1. The summed E-state index contributed by atoms with van der Waals surface area (Å²) in [4.78, 5) is 47.1. The quantitative estimate of drug-likeness (QED) is 0.427. The summed E-state index contributed by atoms with van der Waals surface area (Å²) in [6.07, 6.45) is -0.410. The minimum Gasteiger partial charge on any atom is -0.481 e. The van der Waals surface area contributed by atoms with Crippen LogP contribution in [0, 0.1) is 11.8 Å². The molecule has 0 spiro atoms. The Hall–Kier alpha value is -4.22. The predicted molar refractivity (Wildman–Crippen MR) is 136 cm³/mol. The molecule has 0 radical (unpaired) electrons. The molecule has 3 heterocycles. The van der Waals surface area contributed by atoms with E-state index in [1.807, 2.05) is 0 Å². The van der Waals surface area contributed by atoms with E-state index in [9.17, 15) is 32.7 Å². The third-order valence-corrected chi connectivity index (χ3v) is 7.54. The number of carboxylic acid groups (broad SMARTS) is 1. The van der Waals surface area contributed by atoms with Crippen LogP contribution in [0.2, 0.25) is 0 Å². The third-order valence-electron chi connectivity index (χ3n) is 7.54. The van der Waals surface area contributed by atoms with Crippen molar-refractivity contribution in [2.45, 2.75) is 44.2 Å². The van der Waals surface area contributed by atoms with Crippen molar-refractivity contribution < 1.29 is 37.1 Å². The number of hydrogen-bond donors (Lipinski definition) is 2. The van der Waals surface area contributed by atoms with Gasteiger partial charge in [0.15, 0.2) is 5.69 Å². The normalized spacial score (nSPS) is 19.9. The van der Waals surface area contributed by atoms with E-state index >= 15 is 0 Å². The van der Waals surface area contributed by atoms with Crippen molar-refractivity contribution in [1.29, 1.82) is 0 Å². The number of hydrogen-bond acceptors (Lipinski definition) is 6. The maximum absolute atomic E-state index is 13.6. The second-order valence-corrected chi connectivity index (χ2v) is 10.1. The molecular weight excluding hydrogens is 529 g/mol. The molecule has 9 nitrogen and oxygen atoms in total. The van der Waals surface area contributed by atoms with E-state index in [2.05, 4.69) is 15.3 Å². The summed E-state index contributed by atoms with van der Waals surface area (Å²) in [5.74, 6) is -4.94. The van der Waals surface area contributed by atoms with E-state index in [1.165, 1.54) is 18.3 Å². The van der Waals surface area contributed by atoms with E-state index in [4.69, 9.17) is 4.42 Å². The summed E-state index contributed by atoms with van der Waals surface area (Å²) in [6.45, 7) is 0.977. The van der Waals surface area contributed by atoms with Gasteiger partial charge in [0.1, 0.15) is 0 Å². The number of aliphatic carboxylic acids is 1. The lowest BCUT2D eigenvalue weighted by Gasteiger charge is -2.34. The average molecular weight is 557 g/mol. The number of carbonyl (C=O) groups excluding carboxylic acids is 2. The minimum absolute atomic E-state index is 0.0495. The Bertz CT molecular complexity index is 1380. The molecule has 1 aliphatic carbocycles. The Kier molecular flexibility index (Phi) is 7.59. The van der Waals surface area contributed by atoms with Crippen molar-refractivity contribution in [3.05, 3.63) is 65.8 Å². The summed E-state index contributed by atoms with van der Waals surface area (Å²) < 4.78 is 45.7. The molecule has 5 rings (SSSR count). The van der Waals surface area contributed by atoms with Gasteiger partial charge in [-0.25, -0.2) is 4.98 Å². The van der Waals surface area contributed by atoms with E-state index in [1.54, 1.807) is 35.2 Å². The number of halogens is 3. The first kappa shape index (κ1) is 27.4. The molecule has 2 N–H and O–H groups in total. The summed E-state index contributed by atoms with van der Waals surface area (Å²) in [5.41, 5.74) is 0.355. The molecule has 210 valence electrons. The largest absolute Gasteiger partial charge is 0.481 e. The number of nitrogens with zero attached hydrogens (tertiary/aromatic N) is 3. The number of oxazole rings is 1. The predicted octanol–water partition coefficient (Wildman–Crippen LogP) is 5.21. The number of anilines is 1. The summed E-state index contributed by atoms with van der Waals surface area (Å²) >= 11 is 0. The minimum atomic E-state index is -4.92. The van der Waals surface area contributed by atoms with E-state index in [0.29, 0.717) is 44.3 Å². The molecule has 2 atom stereocenters. The second-order valence-electron chi connectivity index (χ2n) is 10.1. The number of carboxylic acids is 1. The molecule has 1 unspecified atom stereocenters. The van der Waals surface area contributed by atoms with Crippen molar-refractivity contribution in [2.24, 2.45) is 11.8 Å². The number of alkyl halides is 3. The van der Waals surface area contributed by atoms with Crippen molar-refractivity contribution in [1.82, 2.24) is 14.9 Å². The molecule has 2 amide bonds. The number of carbonyl (C=O) groups is 3. The number of amides is 2. The van der Waals surface area contributed by atoms with Gasteiger partial charge >= 0.3 is 12.1 Å². The van der Waals surface area contributed by atoms with Gasteiger partial charge in [-0.05, 0) is 49.9 Å².